The highest BCUT2D eigenvalue weighted by atomic mass is 32.1. The van der Waals surface area contributed by atoms with Gasteiger partial charge in [-0.2, -0.15) is 5.10 Å². The van der Waals surface area contributed by atoms with Gasteiger partial charge in [-0.15, -0.1) is 11.3 Å². The van der Waals surface area contributed by atoms with Gasteiger partial charge in [-0.3, -0.25) is 9.59 Å². The smallest absolute Gasteiger partial charge is 0.265 e. The molecule has 2 heterocycles. The number of amides is 1. The van der Waals surface area contributed by atoms with Gasteiger partial charge in [-0.05, 0) is 57.2 Å². The molecule has 0 bridgehead atoms. The van der Waals surface area contributed by atoms with Gasteiger partial charge in [0, 0.05) is 11.4 Å². The maximum atomic E-state index is 12.3. The Morgan fingerprint density at radius 2 is 1.83 bits per heavy atom. The fourth-order valence-electron chi connectivity index (χ4n) is 2.45. The van der Waals surface area contributed by atoms with Crippen LogP contribution in [0.2, 0.25) is 0 Å². The first-order valence-electron chi connectivity index (χ1n) is 7.50. The van der Waals surface area contributed by atoms with Crippen LogP contribution in [0.4, 0.5) is 5.69 Å². The number of Topliss-reactive ketones (excluding diaryl/α,β-unsaturated/α-hetero) is 1. The van der Waals surface area contributed by atoms with Crippen molar-refractivity contribution in [2.45, 2.75) is 20.8 Å². The molecule has 3 aromatic rings. The molecule has 1 amide bonds. The molecule has 1 N–H and O–H groups in total. The Bertz CT molecular complexity index is 924. The van der Waals surface area contributed by atoms with Crippen LogP contribution >= 0.6 is 11.3 Å². The van der Waals surface area contributed by atoms with Gasteiger partial charge in [0.2, 0.25) is 0 Å². The fraction of sp³-hybridized carbons (Fsp3) is 0.167. The third kappa shape index (κ3) is 3.28. The lowest BCUT2D eigenvalue weighted by Crippen LogP contribution is -2.10. The Hall–Kier alpha value is -2.73. The van der Waals surface area contributed by atoms with Gasteiger partial charge < -0.3 is 5.32 Å². The topological polar surface area (TPSA) is 64.0 Å². The van der Waals surface area contributed by atoms with Gasteiger partial charge in [0.25, 0.3) is 5.91 Å². The van der Waals surface area contributed by atoms with Crippen molar-refractivity contribution in [2.75, 3.05) is 5.32 Å². The van der Waals surface area contributed by atoms with Crippen LogP contribution in [0.5, 0.6) is 0 Å². The van der Waals surface area contributed by atoms with Crippen molar-refractivity contribution >= 4 is 28.7 Å². The molecule has 0 aliphatic heterocycles. The molecule has 6 heteroatoms. The largest absolute Gasteiger partial charge is 0.321 e. The summed E-state index contributed by atoms with van der Waals surface area (Å²) in [5, 5.41) is 7.32. The maximum absolute atomic E-state index is 12.3. The highest BCUT2D eigenvalue weighted by Crippen LogP contribution is 2.21. The lowest BCUT2D eigenvalue weighted by Gasteiger charge is -2.08. The second-order valence-electron chi connectivity index (χ2n) is 5.56. The quantitative estimate of drug-likeness (QED) is 0.731. The summed E-state index contributed by atoms with van der Waals surface area (Å²) in [5.74, 6) is -0.261. The van der Waals surface area contributed by atoms with E-state index in [2.05, 4.69) is 10.4 Å². The minimum Gasteiger partial charge on any atom is -0.321 e. The molecule has 2 aromatic heterocycles. The van der Waals surface area contributed by atoms with Crippen LogP contribution in [0.15, 0.2) is 42.5 Å². The van der Waals surface area contributed by atoms with Crippen molar-refractivity contribution in [3.8, 4) is 5.69 Å². The van der Waals surface area contributed by atoms with E-state index in [0.29, 0.717) is 15.4 Å². The monoisotopic (exact) mass is 339 g/mol. The van der Waals surface area contributed by atoms with Crippen molar-refractivity contribution < 1.29 is 9.59 Å². The predicted molar refractivity (Wildman–Crippen MR) is 95.3 cm³/mol. The highest BCUT2D eigenvalue weighted by Gasteiger charge is 2.12. The molecule has 0 aliphatic carbocycles. The number of carbonyl (C=O) groups is 2. The van der Waals surface area contributed by atoms with Crippen molar-refractivity contribution in [1.29, 1.82) is 0 Å². The lowest BCUT2D eigenvalue weighted by molar-refractivity contribution is 0.101. The van der Waals surface area contributed by atoms with E-state index in [9.17, 15) is 9.59 Å². The minimum absolute atomic E-state index is 0.0365. The zero-order chi connectivity index (χ0) is 17.3. The number of thiophene rings is 1. The molecule has 3 rings (SSSR count). The summed E-state index contributed by atoms with van der Waals surface area (Å²) in [4.78, 5) is 24.8. The second kappa shape index (κ2) is 6.41. The number of aromatic nitrogens is 2. The van der Waals surface area contributed by atoms with E-state index < -0.39 is 0 Å². The van der Waals surface area contributed by atoms with Crippen molar-refractivity contribution in [2.24, 2.45) is 0 Å². The summed E-state index contributed by atoms with van der Waals surface area (Å²) in [5.41, 5.74) is 3.54. The van der Waals surface area contributed by atoms with Gasteiger partial charge in [-0.25, -0.2) is 4.68 Å². The summed E-state index contributed by atoms with van der Waals surface area (Å²) >= 11 is 1.20. The molecule has 0 aliphatic rings. The van der Waals surface area contributed by atoms with E-state index in [1.165, 1.54) is 18.3 Å². The molecule has 122 valence electrons. The zero-order valence-electron chi connectivity index (χ0n) is 13.7. The average Bonchev–Trinajstić information content (AvgIpc) is 3.14. The molecule has 0 atom stereocenters. The number of hydrogen-bond acceptors (Lipinski definition) is 4. The predicted octanol–water partition coefficient (Wildman–Crippen LogP) is 4.01. The fourth-order valence-corrected chi connectivity index (χ4v) is 3.24. The van der Waals surface area contributed by atoms with E-state index >= 15 is 0 Å². The first-order chi connectivity index (χ1) is 11.4. The standard InChI is InChI=1S/C18H17N3O2S/c1-11-9-12(2)21(20-11)15-6-4-5-14(10-15)19-18(23)17-8-7-16(24-17)13(3)22/h4-10H,1-3H3,(H,19,23). The molecule has 0 fully saturated rings. The maximum Gasteiger partial charge on any atom is 0.265 e. The number of ketones is 1. The van der Waals surface area contributed by atoms with Crippen molar-refractivity contribution in [1.82, 2.24) is 9.78 Å². The van der Waals surface area contributed by atoms with Crippen LogP contribution < -0.4 is 5.32 Å². The SMILES string of the molecule is CC(=O)c1ccc(C(=O)Nc2cccc(-n3nc(C)cc3C)c2)s1. The normalized spacial score (nSPS) is 10.6. The van der Waals surface area contributed by atoms with Gasteiger partial charge in [0.05, 0.1) is 21.1 Å². The zero-order valence-corrected chi connectivity index (χ0v) is 14.5. The first kappa shape index (κ1) is 16.1. The Balaban J connectivity index is 1.82. The van der Waals surface area contributed by atoms with E-state index in [1.807, 2.05) is 48.9 Å². The number of carbonyl (C=O) groups excluding carboxylic acids is 2. The molecular weight excluding hydrogens is 322 g/mol. The summed E-state index contributed by atoms with van der Waals surface area (Å²) in [6.45, 7) is 5.42. The average molecular weight is 339 g/mol. The number of nitrogens with one attached hydrogen (secondary N) is 1. The van der Waals surface area contributed by atoms with Gasteiger partial charge in [-0.1, -0.05) is 6.07 Å². The number of nitrogens with zero attached hydrogens (tertiary/aromatic N) is 2. The number of hydrogen-bond donors (Lipinski definition) is 1. The Morgan fingerprint density at radius 3 is 2.46 bits per heavy atom. The first-order valence-corrected chi connectivity index (χ1v) is 8.31. The third-order valence-corrected chi connectivity index (χ3v) is 4.72. The van der Waals surface area contributed by atoms with Crippen LogP contribution in [-0.4, -0.2) is 21.5 Å². The second-order valence-corrected chi connectivity index (χ2v) is 6.65. The Kier molecular flexibility index (Phi) is 4.31. The molecule has 5 nitrogen and oxygen atoms in total. The van der Waals surface area contributed by atoms with Crippen molar-refractivity contribution in [3.05, 3.63) is 63.6 Å². The highest BCUT2D eigenvalue weighted by molar-refractivity contribution is 7.16. The van der Waals surface area contributed by atoms with E-state index in [4.69, 9.17) is 0 Å². The van der Waals surface area contributed by atoms with Crippen molar-refractivity contribution in [3.63, 3.8) is 0 Å². The molecule has 0 unspecified atom stereocenters. The number of benzene rings is 1. The molecular formula is C18H17N3O2S. The van der Waals surface area contributed by atoms with Crippen LogP contribution in [0.25, 0.3) is 5.69 Å². The summed E-state index contributed by atoms with van der Waals surface area (Å²) in [6, 6.07) is 12.9. The van der Waals surface area contributed by atoms with E-state index in [0.717, 1.165) is 17.1 Å². The molecule has 0 saturated heterocycles. The van der Waals surface area contributed by atoms with E-state index in [-0.39, 0.29) is 11.7 Å². The Labute approximate surface area is 143 Å². The van der Waals surface area contributed by atoms with Crippen LogP contribution in [0.1, 0.15) is 37.7 Å². The molecule has 0 radical (unpaired) electrons. The number of rotatable bonds is 4. The summed E-state index contributed by atoms with van der Waals surface area (Å²) < 4.78 is 1.84. The third-order valence-electron chi connectivity index (χ3n) is 3.53. The number of anilines is 1. The Morgan fingerprint density at radius 1 is 1.08 bits per heavy atom. The minimum atomic E-state index is -0.224. The van der Waals surface area contributed by atoms with Gasteiger partial charge in [0.15, 0.2) is 5.78 Å². The molecule has 0 saturated carbocycles. The van der Waals surface area contributed by atoms with Crippen LogP contribution in [-0.2, 0) is 0 Å². The summed E-state index contributed by atoms with van der Waals surface area (Å²) in [7, 11) is 0. The summed E-state index contributed by atoms with van der Waals surface area (Å²) in [6.07, 6.45) is 0. The van der Waals surface area contributed by atoms with E-state index in [1.54, 1.807) is 12.1 Å². The van der Waals surface area contributed by atoms with Crippen LogP contribution in [0.3, 0.4) is 0 Å². The van der Waals surface area contributed by atoms with Gasteiger partial charge >= 0.3 is 0 Å². The lowest BCUT2D eigenvalue weighted by atomic mass is 10.2. The number of aryl methyl sites for hydroxylation is 2. The van der Waals surface area contributed by atoms with Gasteiger partial charge in [0.1, 0.15) is 0 Å². The molecule has 0 spiro atoms. The molecule has 24 heavy (non-hydrogen) atoms. The van der Waals surface area contributed by atoms with Crippen LogP contribution in [0, 0.1) is 13.8 Å². The molecule has 1 aromatic carbocycles.